The molecule has 4 aromatic rings. The molecule has 186 valence electrons. The molecule has 0 saturated heterocycles. The molecule has 0 amide bonds. The van der Waals surface area contributed by atoms with E-state index in [1.54, 1.807) is 10.9 Å². The number of aromatic nitrogens is 6. The third-order valence-electron chi connectivity index (χ3n) is 7.01. The van der Waals surface area contributed by atoms with E-state index in [1.165, 1.54) is 0 Å². The molecule has 36 heavy (non-hydrogen) atoms. The molecule has 0 bridgehead atoms. The number of nitriles is 1. The first-order chi connectivity index (χ1) is 17.3. The molecule has 9 heteroatoms. The van der Waals surface area contributed by atoms with Crippen LogP contribution in [0.5, 0.6) is 5.75 Å². The van der Waals surface area contributed by atoms with Crippen molar-refractivity contribution in [2.24, 2.45) is 0 Å². The normalized spacial score (nSPS) is 18.2. The van der Waals surface area contributed by atoms with E-state index in [4.69, 9.17) is 9.84 Å². The van der Waals surface area contributed by atoms with Crippen molar-refractivity contribution in [3.63, 3.8) is 0 Å². The molecule has 0 atom stereocenters. The maximum Gasteiger partial charge on any atom is 0.143 e. The van der Waals surface area contributed by atoms with Crippen LogP contribution in [-0.4, -0.2) is 42.7 Å². The standard InChI is InChI=1S/C27H32N8O/c1-17-10-24(18(2)30-12-17)36-21-8-6-20(7-9-21)35-23-11-25(29-5)31-14-22(23)26(33-35)19-13-32-34(15-19)27(3,4)16-28/h10-15,20-21H,6-9H2,1-5H3,(H,29,31). The first kappa shape index (κ1) is 23.8. The first-order valence-corrected chi connectivity index (χ1v) is 12.4. The molecule has 0 spiro atoms. The van der Waals surface area contributed by atoms with Gasteiger partial charge in [-0.25, -0.2) is 4.98 Å². The lowest BCUT2D eigenvalue weighted by Crippen LogP contribution is -2.26. The Labute approximate surface area is 211 Å². The van der Waals surface area contributed by atoms with E-state index in [1.807, 2.05) is 53.3 Å². The lowest BCUT2D eigenvalue weighted by atomic mass is 9.93. The molecular weight excluding hydrogens is 452 g/mol. The molecule has 4 aromatic heterocycles. The smallest absolute Gasteiger partial charge is 0.143 e. The molecule has 0 aliphatic heterocycles. The molecule has 1 aliphatic rings. The monoisotopic (exact) mass is 484 g/mol. The van der Waals surface area contributed by atoms with Crippen molar-refractivity contribution < 1.29 is 4.74 Å². The summed E-state index contributed by atoms with van der Waals surface area (Å²) in [4.78, 5) is 8.98. The summed E-state index contributed by atoms with van der Waals surface area (Å²) in [6.45, 7) is 7.72. The number of ether oxygens (including phenoxy) is 1. The number of hydrogen-bond donors (Lipinski definition) is 1. The largest absolute Gasteiger partial charge is 0.489 e. The van der Waals surface area contributed by atoms with E-state index in [0.29, 0.717) is 0 Å². The Bertz CT molecular complexity index is 1440. The highest BCUT2D eigenvalue weighted by atomic mass is 16.5. The van der Waals surface area contributed by atoms with Crippen molar-refractivity contribution in [3.8, 4) is 23.1 Å². The third kappa shape index (κ3) is 4.39. The van der Waals surface area contributed by atoms with Crippen molar-refractivity contribution in [1.29, 1.82) is 5.26 Å². The summed E-state index contributed by atoms with van der Waals surface area (Å²) >= 11 is 0. The molecule has 0 radical (unpaired) electrons. The fourth-order valence-corrected chi connectivity index (χ4v) is 4.78. The van der Waals surface area contributed by atoms with E-state index in [0.717, 1.165) is 70.7 Å². The van der Waals surface area contributed by atoms with Gasteiger partial charge in [0.2, 0.25) is 0 Å². The van der Waals surface area contributed by atoms with Crippen LogP contribution in [0.2, 0.25) is 0 Å². The predicted molar refractivity (Wildman–Crippen MR) is 139 cm³/mol. The summed E-state index contributed by atoms with van der Waals surface area (Å²) in [6, 6.07) is 6.68. The lowest BCUT2D eigenvalue weighted by molar-refractivity contribution is 0.129. The predicted octanol–water partition coefficient (Wildman–Crippen LogP) is 5.17. The van der Waals surface area contributed by atoms with Crippen LogP contribution in [-0.2, 0) is 5.54 Å². The van der Waals surface area contributed by atoms with Gasteiger partial charge in [-0.15, -0.1) is 0 Å². The van der Waals surface area contributed by atoms with Gasteiger partial charge in [0.1, 0.15) is 22.8 Å². The summed E-state index contributed by atoms with van der Waals surface area (Å²) in [5.74, 6) is 1.68. The van der Waals surface area contributed by atoms with E-state index >= 15 is 0 Å². The van der Waals surface area contributed by atoms with Gasteiger partial charge in [0.15, 0.2) is 0 Å². The number of nitrogens with zero attached hydrogens (tertiary/aromatic N) is 7. The summed E-state index contributed by atoms with van der Waals surface area (Å²) in [5.41, 5.74) is 4.05. The molecule has 4 heterocycles. The number of aryl methyl sites for hydroxylation is 2. The number of anilines is 1. The highest BCUT2D eigenvalue weighted by molar-refractivity contribution is 5.93. The van der Waals surface area contributed by atoms with Gasteiger partial charge in [0, 0.05) is 42.7 Å². The number of hydrogen-bond acceptors (Lipinski definition) is 7. The number of pyridine rings is 2. The quantitative estimate of drug-likeness (QED) is 0.402. The SMILES string of the molecule is CNc1cc2c(cn1)c(-c1cnn(C(C)(C)C#N)c1)nn2C1CCC(Oc2cc(C)cnc2C)CC1. The zero-order valence-corrected chi connectivity index (χ0v) is 21.5. The van der Waals surface area contributed by atoms with E-state index in [-0.39, 0.29) is 12.1 Å². The van der Waals surface area contributed by atoms with Gasteiger partial charge in [0.25, 0.3) is 0 Å². The number of fused-ring (bicyclic) bond motifs is 1. The maximum absolute atomic E-state index is 9.51. The maximum atomic E-state index is 9.51. The van der Waals surface area contributed by atoms with Gasteiger partial charge < -0.3 is 10.1 Å². The Hall–Kier alpha value is -3.93. The molecular formula is C27H32N8O. The van der Waals surface area contributed by atoms with Crippen LogP contribution in [0.15, 0.2) is 36.9 Å². The van der Waals surface area contributed by atoms with Gasteiger partial charge in [-0.1, -0.05) is 0 Å². The van der Waals surface area contributed by atoms with Crippen molar-refractivity contribution in [2.75, 3.05) is 12.4 Å². The van der Waals surface area contributed by atoms with Gasteiger partial charge in [-0.3, -0.25) is 14.3 Å². The minimum atomic E-state index is -0.738. The zero-order chi connectivity index (χ0) is 25.4. The molecule has 1 fully saturated rings. The average molecular weight is 485 g/mol. The molecule has 0 unspecified atom stereocenters. The molecule has 5 rings (SSSR count). The number of nitrogens with one attached hydrogen (secondary N) is 1. The van der Waals surface area contributed by atoms with E-state index in [9.17, 15) is 5.26 Å². The second-order valence-corrected chi connectivity index (χ2v) is 10.1. The van der Waals surface area contributed by atoms with Crippen molar-refractivity contribution in [1.82, 2.24) is 29.5 Å². The Morgan fingerprint density at radius 2 is 1.86 bits per heavy atom. The summed E-state index contributed by atoms with van der Waals surface area (Å²) in [6.07, 6.45) is 11.4. The van der Waals surface area contributed by atoms with Gasteiger partial charge >= 0.3 is 0 Å². The van der Waals surface area contributed by atoms with Crippen LogP contribution in [0.1, 0.15) is 56.8 Å². The molecule has 9 nitrogen and oxygen atoms in total. The summed E-state index contributed by atoms with van der Waals surface area (Å²) in [5, 5.41) is 23.2. The second-order valence-electron chi connectivity index (χ2n) is 10.1. The van der Waals surface area contributed by atoms with Crippen LogP contribution >= 0.6 is 0 Å². The Morgan fingerprint density at radius 3 is 2.58 bits per heavy atom. The van der Waals surface area contributed by atoms with Crippen LogP contribution in [0.3, 0.4) is 0 Å². The molecule has 0 aromatic carbocycles. The lowest BCUT2D eigenvalue weighted by Gasteiger charge is -2.30. The molecule has 1 aliphatic carbocycles. The summed E-state index contributed by atoms with van der Waals surface area (Å²) in [7, 11) is 1.87. The third-order valence-corrected chi connectivity index (χ3v) is 7.01. The fourth-order valence-electron chi connectivity index (χ4n) is 4.78. The first-order valence-electron chi connectivity index (χ1n) is 12.4. The van der Waals surface area contributed by atoms with Crippen LogP contribution in [0.25, 0.3) is 22.2 Å². The minimum absolute atomic E-state index is 0.172. The Balaban J connectivity index is 1.43. The van der Waals surface area contributed by atoms with Crippen LogP contribution < -0.4 is 10.1 Å². The fraction of sp³-hybridized carbons (Fsp3) is 0.444. The van der Waals surface area contributed by atoms with Gasteiger partial charge in [-0.05, 0) is 65.0 Å². The van der Waals surface area contributed by atoms with Gasteiger partial charge in [-0.2, -0.15) is 15.5 Å². The van der Waals surface area contributed by atoms with Crippen molar-refractivity contribution in [3.05, 3.63) is 48.2 Å². The number of rotatable bonds is 6. The second kappa shape index (κ2) is 9.26. The van der Waals surface area contributed by atoms with Crippen molar-refractivity contribution in [2.45, 2.75) is 71.1 Å². The van der Waals surface area contributed by atoms with E-state index < -0.39 is 5.54 Å². The average Bonchev–Trinajstić information content (AvgIpc) is 3.52. The highest BCUT2D eigenvalue weighted by Gasteiger charge is 2.28. The van der Waals surface area contributed by atoms with E-state index in [2.05, 4.69) is 43.3 Å². The van der Waals surface area contributed by atoms with Crippen LogP contribution in [0, 0.1) is 25.2 Å². The van der Waals surface area contributed by atoms with Gasteiger partial charge in [0.05, 0.1) is 35.6 Å². The summed E-state index contributed by atoms with van der Waals surface area (Å²) < 4.78 is 10.2. The molecule has 1 saturated carbocycles. The van der Waals surface area contributed by atoms with Crippen LogP contribution in [0.4, 0.5) is 5.82 Å². The van der Waals surface area contributed by atoms with Crippen molar-refractivity contribution >= 4 is 16.7 Å². The molecule has 1 N–H and O–H groups in total. The Morgan fingerprint density at radius 1 is 1.08 bits per heavy atom. The zero-order valence-electron chi connectivity index (χ0n) is 21.5. The topological polar surface area (TPSA) is 106 Å². The highest BCUT2D eigenvalue weighted by Crippen LogP contribution is 2.37. The Kier molecular flexibility index (Phi) is 6.12. The minimum Gasteiger partial charge on any atom is -0.489 e.